The number of rotatable bonds is 6. The molecule has 0 spiro atoms. The lowest BCUT2D eigenvalue weighted by atomic mass is 9.86. The quantitative estimate of drug-likeness (QED) is 0.735. The van der Waals surface area contributed by atoms with Gasteiger partial charge < -0.3 is 15.0 Å². The number of Topliss-reactive ketones (excluding diaryl/α,β-unsaturated/α-hetero) is 1. The highest BCUT2D eigenvalue weighted by Gasteiger charge is 2.69. The third kappa shape index (κ3) is 3.86. The first kappa shape index (κ1) is 23.1. The summed E-state index contributed by atoms with van der Waals surface area (Å²) in [7, 11) is 1.34. The molecule has 9 heteroatoms. The van der Waals surface area contributed by atoms with Crippen molar-refractivity contribution in [3.8, 4) is 5.75 Å². The van der Waals surface area contributed by atoms with Crippen molar-refractivity contribution < 1.29 is 32.3 Å². The maximum absolute atomic E-state index is 14.5. The van der Waals surface area contributed by atoms with E-state index in [-0.39, 0.29) is 23.6 Å². The van der Waals surface area contributed by atoms with Gasteiger partial charge in [-0.15, -0.1) is 0 Å². The van der Waals surface area contributed by atoms with Gasteiger partial charge >= 0.3 is 6.18 Å². The number of nitrogens with zero attached hydrogens (tertiary/aromatic N) is 1. The molecule has 1 aliphatic heterocycles. The topological polar surface area (TPSA) is 75.7 Å². The summed E-state index contributed by atoms with van der Waals surface area (Å²) in [6.07, 6.45) is -5.27. The Balaban J connectivity index is 2.11. The second-order valence-corrected chi connectivity index (χ2v) is 7.33. The fourth-order valence-corrected chi connectivity index (χ4v) is 3.80. The second kappa shape index (κ2) is 8.49. The van der Waals surface area contributed by atoms with Crippen LogP contribution in [0.5, 0.6) is 5.75 Å². The standard InChI is InChI=1S/C23H21F3N2O4/c1-14-19(15(2)29)22(23(24,25)26,21(31)28(14)13-16-8-5-4-6-9-16)27-20(30)17-10-7-11-18(12-17)32-3/h4-12H,13H2,1-3H3,(H,27,30)/t22-/m0/s1. The highest BCUT2D eigenvalue weighted by atomic mass is 19.4. The normalized spacial score (nSPS) is 18.7. The van der Waals surface area contributed by atoms with E-state index < -0.39 is 34.9 Å². The molecule has 0 fully saturated rings. The molecule has 0 unspecified atom stereocenters. The highest BCUT2D eigenvalue weighted by Crippen LogP contribution is 2.45. The van der Waals surface area contributed by atoms with E-state index in [1.54, 1.807) is 30.3 Å². The minimum Gasteiger partial charge on any atom is -0.497 e. The maximum atomic E-state index is 14.5. The first-order chi connectivity index (χ1) is 15.0. The van der Waals surface area contributed by atoms with Crippen molar-refractivity contribution in [2.45, 2.75) is 32.1 Å². The molecule has 0 aromatic heterocycles. The summed E-state index contributed by atoms with van der Waals surface area (Å²) in [5, 5.41) is 1.84. The van der Waals surface area contributed by atoms with Gasteiger partial charge in [0.1, 0.15) is 5.75 Å². The number of nitrogens with one attached hydrogen (secondary N) is 1. The number of allylic oxidation sites excluding steroid dienone is 1. The van der Waals surface area contributed by atoms with E-state index in [1.807, 2.05) is 5.32 Å². The Hall–Kier alpha value is -3.62. The van der Waals surface area contributed by atoms with Crippen molar-refractivity contribution in [3.63, 3.8) is 0 Å². The molecular formula is C23H21F3N2O4. The molecule has 1 aliphatic rings. The van der Waals surface area contributed by atoms with Gasteiger partial charge in [-0.2, -0.15) is 13.2 Å². The fourth-order valence-electron chi connectivity index (χ4n) is 3.80. The van der Waals surface area contributed by atoms with Crippen LogP contribution in [-0.4, -0.2) is 41.3 Å². The van der Waals surface area contributed by atoms with Gasteiger partial charge in [0.15, 0.2) is 5.78 Å². The van der Waals surface area contributed by atoms with Crippen LogP contribution in [0.3, 0.4) is 0 Å². The van der Waals surface area contributed by atoms with Crippen molar-refractivity contribution in [2.24, 2.45) is 0 Å². The lowest BCUT2D eigenvalue weighted by Gasteiger charge is -2.33. The van der Waals surface area contributed by atoms with Crippen LogP contribution >= 0.6 is 0 Å². The number of hydrogen-bond acceptors (Lipinski definition) is 4. The molecule has 0 bridgehead atoms. The first-order valence-electron chi connectivity index (χ1n) is 9.64. The van der Waals surface area contributed by atoms with E-state index in [9.17, 15) is 27.6 Å². The third-order valence-corrected chi connectivity index (χ3v) is 5.30. The van der Waals surface area contributed by atoms with Crippen LogP contribution in [-0.2, 0) is 16.1 Å². The summed E-state index contributed by atoms with van der Waals surface area (Å²) >= 11 is 0. The zero-order valence-corrected chi connectivity index (χ0v) is 17.6. The van der Waals surface area contributed by atoms with Crippen LogP contribution in [0.25, 0.3) is 0 Å². The van der Waals surface area contributed by atoms with Crippen LogP contribution in [0.4, 0.5) is 13.2 Å². The molecule has 2 aromatic carbocycles. The van der Waals surface area contributed by atoms with Gasteiger partial charge in [-0.1, -0.05) is 36.4 Å². The SMILES string of the molecule is COc1cccc(C(=O)N[C@]2(C(F)(F)F)C(=O)N(Cc3ccccc3)C(C)=C2C(C)=O)c1. The molecule has 1 heterocycles. The van der Waals surface area contributed by atoms with Gasteiger partial charge in [0.05, 0.1) is 19.2 Å². The smallest absolute Gasteiger partial charge is 0.425 e. The lowest BCUT2D eigenvalue weighted by molar-refractivity contribution is -0.190. The summed E-state index contributed by atoms with van der Waals surface area (Å²) in [6, 6.07) is 13.9. The van der Waals surface area contributed by atoms with Crippen molar-refractivity contribution in [1.29, 1.82) is 0 Å². The number of halogens is 3. The molecule has 3 rings (SSSR count). The van der Waals surface area contributed by atoms with Gasteiger partial charge in [-0.3, -0.25) is 14.4 Å². The Kier molecular flexibility index (Phi) is 6.11. The van der Waals surface area contributed by atoms with Crippen LogP contribution in [0.1, 0.15) is 29.8 Å². The number of carbonyl (C=O) groups excluding carboxylic acids is 3. The first-order valence-corrected chi connectivity index (χ1v) is 9.64. The monoisotopic (exact) mass is 446 g/mol. The molecule has 0 radical (unpaired) electrons. The van der Waals surface area contributed by atoms with Gasteiger partial charge in [0.2, 0.25) is 5.54 Å². The molecule has 2 aromatic rings. The number of benzene rings is 2. The number of ketones is 1. The number of methoxy groups -OCH3 is 1. The molecule has 6 nitrogen and oxygen atoms in total. The van der Waals surface area contributed by atoms with E-state index in [1.165, 1.54) is 38.3 Å². The zero-order chi connectivity index (χ0) is 23.7. The lowest BCUT2D eigenvalue weighted by Crippen LogP contribution is -2.66. The van der Waals surface area contributed by atoms with Crippen molar-refractivity contribution in [1.82, 2.24) is 10.2 Å². The van der Waals surface area contributed by atoms with Crippen LogP contribution in [0, 0.1) is 0 Å². The largest absolute Gasteiger partial charge is 0.497 e. The molecular weight excluding hydrogens is 425 g/mol. The van der Waals surface area contributed by atoms with E-state index in [0.29, 0.717) is 5.56 Å². The summed E-state index contributed by atoms with van der Waals surface area (Å²) in [6.45, 7) is 2.02. The minimum atomic E-state index is -5.27. The molecule has 2 amide bonds. The molecule has 32 heavy (non-hydrogen) atoms. The van der Waals surface area contributed by atoms with E-state index in [2.05, 4.69) is 0 Å². The Morgan fingerprint density at radius 2 is 1.75 bits per heavy atom. The minimum absolute atomic E-state index is 0.150. The highest BCUT2D eigenvalue weighted by molar-refractivity contribution is 6.13. The zero-order valence-electron chi connectivity index (χ0n) is 17.6. The average Bonchev–Trinajstić information content (AvgIpc) is 2.96. The van der Waals surface area contributed by atoms with E-state index >= 15 is 0 Å². The summed E-state index contributed by atoms with van der Waals surface area (Å²) in [4.78, 5) is 39.4. The van der Waals surface area contributed by atoms with Crippen molar-refractivity contribution in [2.75, 3.05) is 7.11 Å². The number of carbonyl (C=O) groups is 3. The predicted molar refractivity (Wildman–Crippen MR) is 110 cm³/mol. The summed E-state index contributed by atoms with van der Waals surface area (Å²) < 4.78 is 48.5. The molecule has 0 aliphatic carbocycles. The van der Waals surface area contributed by atoms with E-state index in [0.717, 1.165) is 11.8 Å². The number of ether oxygens (including phenoxy) is 1. The van der Waals surface area contributed by atoms with Gasteiger partial charge in [0.25, 0.3) is 11.8 Å². The maximum Gasteiger partial charge on any atom is 0.425 e. The Bertz CT molecular complexity index is 1100. The van der Waals surface area contributed by atoms with Gasteiger partial charge in [0, 0.05) is 11.3 Å². The molecule has 168 valence electrons. The molecule has 1 atom stereocenters. The van der Waals surface area contributed by atoms with Gasteiger partial charge in [-0.25, -0.2) is 0 Å². The van der Waals surface area contributed by atoms with Gasteiger partial charge in [-0.05, 0) is 37.6 Å². The van der Waals surface area contributed by atoms with Crippen LogP contribution < -0.4 is 10.1 Å². The Morgan fingerprint density at radius 3 is 2.31 bits per heavy atom. The Labute approximate surface area is 182 Å². The third-order valence-electron chi connectivity index (χ3n) is 5.30. The van der Waals surface area contributed by atoms with Crippen LogP contribution in [0.15, 0.2) is 65.9 Å². The van der Waals surface area contributed by atoms with E-state index in [4.69, 9.17) is 4.74 Å². The van der Waals surface area contributed by atoms with Crippen molar-refractivity contribution >= 4 is 17.6 Å². The fraction of sp³-hybridized carbons (Fsp3) is 0.261. The number of amides is 2. The second-order valence-electron chi connectivity index (χ2n) is 7.33. The molecule has 1 N–H and O–H groups in total. The molecule has 0 saturated heterocycles. The summed E-state index contributed by atoms with van der Waals surface area (Å²) in [5.41, 5.74) is -4.04. The molecule has 0 saturated carbocycles. The van der Waals surface area contributed by atoms with Crippen molar-refractivity contribution in [3.05, 3.63) is 77.0 Å². The predicted octanol–water partition coefficient (Wildman–Crippen LogP) is 3.63. The average molecular weight is 446 g/mol. The number of alkyl halides is 3. The number of hydrogen-bond donors (Lipinski definition) is 1. The Morgan fingerprint density at radius 1 is 1.09 bits per heavy atom. The van der Waals surface area contributed by atoms with Crippen LogP contribution in [0.2, 0.25) is 0 Å². The summed E-state index contributed by atoms with van der Waals surface area (Å²) in [5.74, 6) is -3.31.